The van der Waals surface area contributed by atoms with Crippen molar-refractivity contribution in [1.29, 1.82) is 0 Å². The van der Waals surface area contributed by atoms with E-state index in [-0.39, 0.29) is 6.04 Å². The van der Waals surface area contributed by atoms with Crippen molar-refractivity contribution in [3.05, 3.63) is 66.1 Å². The predicted molar refractivity (Wildman–Crippen MR) is 118 cm³/mol. The van der Waals surface area contributed by atoms with Crippen molar-refractivity contribution in [2.24, 2.45) is 5.92 Å². The second kappa shape index (κ2) is 9.90. The van der Waals surface area contributed by atoms with Crippen LogP contribution in [0.5, 0.6) is 5.75 Å². The van der Waals surface area contributed by atoms with Crippen molar-refractivity contribution in [2.75, 3.05) is 19.7 Å². The van der Waals surface area contributed by atoms with E-state index in [1.54, 1.807) is 0 Å². The van der Waals surface area contributed by atoms with Gasteiger partial charge in [-0.1, -0.05) is 30.3 Å². The molecule has 0 N–H and O–H groups in total. The summed E-state index contributed by atoms with van der Waals surface area (Å²) in [6.45, 7) is 7.06. The molecule has 3 aromatic rings. The zero-order valence-electron chi connectivity index (χ0n) is 18.0. The monoisotopic (exact) mass is 405 g/mol. The van der Waals surface area contributed by atoms with Crippen molar-refractivity contribution >= 4 is 0 Å². The van der Waals surface area contributed by atoms with Crippen LogP contribution in [0.4, 0.5) is 0 Å². The highest BCUT2D eigenvalue weighted by Gasteiger charge is 2.26. The van der Waals surface area contributed by atoms with Gasteiger partial charge in [0.2, 0.25) is 11.8 Å². The zero-order valence-corrected chi connectivity index (χ0v) is 18.0. The molecule has 1 aromatic heterocycles. The van der Waals surface area contributed by atoms with Crippen molar-refractivity contribution < 1.29 is 9.15 Å². The van der Waals surface area contributed by atoms with E-state index in [2.05, 4.69) is 46.3 Å². The summed E-state index contributed by atoms with van der Waals surface area (Å²) in [6, 6.07) is 18.7. The van der Waals surface area contributed by atoms with Gasteiger partial charge in [-0.2, -0.15) is 0 Å². The molecule has 2 heterocycles. The molecule has 0 aliphatic carbocycles. The minimum atomic E-state index is 0.155. The van der Waals surface area contributed by atoms with Crippen LogP contribution in [-0.4, -0.2) is 34.8 Å². The van der Waals surface area contributed by atoms with Crippen LogP contribution in [0.3, 0.4) is 0 Å². The fourth-order valence-corrected chi connectivity index (χ4v) is 4.18. The summed E-state index contributed by atoms with van der Waals surface area (Å²) in [5.74, 6) is 3.05. The van der Waals surface area contributed by atoms with Crippen LogP contribution >= 0.6 is 0 Å². The van der Waals surface area contributed by atoms with Crippen LogP contribution < -0.4 is 4.74 Å². The first-order chi connectivity index (χ1) is 14.7. The minimum Gasteiger partial charge on any atom is -0.494 e. The van der Waals surface area contributed by atoms with Crippen LogP contribution in [0.25, 0.3) is 11.5 Å². The van der Waals surface area contributed by atoms with Gasteiger partial charge in [0, 0.05) is 5.56 Å². The lowest BCUT2D eigenvalue weighted by molar-refractivity contribution is 0.122. The normalized spacial score (nSPS) is 16.5. The number of ether oxygens (including phenoxy) is 1. The quantitative estimate of drug-likeness (QED) is 0.492. The molecule has 2 aromatic carbocycles. The molecule has 4 rings (SSSR count). The molecule has 1 atom stereocenters. The summed E-state index contributed by atoms with van der Waals surface area (Å²) in [7, 11) is 0. The molecule has 30 heavy (non-hydrogen) atoms. The Morgan fingerprint density at radius 2 is 1.77 bits per heavy atom. The van der Waals surface area contributed by atoms with E-state index in [9.17, 15) is 0 Å². The predicted octanol–water partition coefficient (Wildman–Crippen LogP) is 5.54. The zero-order chi connectivity index (χ0) is 20.8. The van der Waals surface area contributed by atoms with E-state index in [0.29, 0.717) is 18.4 Å². The summed E-state index contributed by atoms with van der Waals surface area (Å²) in [6.07, 6.45) is 4.83. The molecule has 0 spiro atoms. The lowest BCUT2D eigenvalue weighted by Gasteiger charge is -2.34. The van der Waals surface area contributed by atoms with Gasteiger partial charge in [0.15, 0.2) is 0 Å². The third-order valence-electron chi connectivity index (χ3n) is 6.09. The standard InChI is InChI=1S/C25H31N3O2/c1-3-29-23-13-11-20(12-14-23)9-10-21-15-17-28(18-16-21)19(2)24-26-27-25(30-24)22-7-5-4-6-8-22/h4-8,11-14,19,21H,3,9-10,15-18H2,1-2H3. The molecule has 5 nitrogen and oxygen atoms in total. The lowest BCUT2D eigenvalue weighted by atomic mass is 9.90. The van der Waals surface area contributed by atoms with E-state index in [0.717, 1.165) is 36.7 Å². The highest BCUT2D eigenvalue weighted by Crippen LogP contribution is 2.29. The summed E-state index contributed by atoms with van der Waals surface area (Å²) in [4.78, 5) is 2.47. The van der Waals surface area contributed by atoms with E-state index in [1.807, 2.05) is 37.3 Å². The smallest absolute Gasteiger partial charge is 0.247 e. The summed E-state index contributed by atoms with van der Waals surface area (Å²) in [5.41, 5.74) is 2.37. The molecule has 1 saturated heterocycles. The number of aryl methyl sites for hydroxylation is 1. The number of hydrogen-bond acceptors (Lipinski definition) is 5. The van der Waals surface area contributed by atoms with Crippen molar-refractivity contribution in [3.63, 3.8) is 0 Å². The Morgan fingerprint density at radius 1 is 1.03 bits per heavy atom. The fourth-order valence-electron chi connectivity index (χ4n) is 4.18. The van der Waals surface area contributed by atoms with Crippen LogP contribution in [0, 0.1) is 5.92 Å². The number of piperidine rings is 1. The van der Waals surface area contributed by atoms with Gasteiger partial charge in [-0.15, -0.1) is 10.2 Å². The molecule has 5 heteroatoms. The maximum absolute atomic E-state index is 5.97. The van der Waals surface area contributed by atoms with E-state index < -0.39 is 0 Å². The number of hydrogen-bond donors (Lipinski definition) is 0. The molecule has 158 valence electrons. The number of aromatic nitrogens is 2. The molecule has 1 aliphatic rings. The summed E-state index contributed by atoms with van der Waals surface area (Å²) < 4.78 is 11.5. The highest BCUT2D eigenvalue weighted by molar-refractivity contribution is 5.51. The first kappa shape index (κ1) is 20.6. The van der Waals surface area contributed by atoms with Crippen molar-refractivity contribution in [1.82, 2.24) is 15.1 Å². The molecule has 1 unspecified atom stereocenters. The molecular weight excluding hydrogens is 374 g/mol. The fraction of sp³-hybridized carbons (Fsp3) is 0.440. The first-order valence-electron chi connectivity index (χ1n) is 11.1. The van der Waals surface area contributed by atoms with Gasteiger partial charge >= 0.3 is 0 Å². The Hall–Kier alpha value is -2.66. The molecule has 1 aliphatic heterocycles. The second-order valence-electron chi connectivity index (χ2n) is 8.08. The van der Waals surface area contributed by atoms with Gasteiger partial charge in [0.1, 0.15) is 5.75 Å². The van der Waals surface area contributed by atoms with Gasteiger partial charge < -0.3 is 9.15 Å². The maximum atomic E-state index is 5.97. The number of rotatable bonds is 8. The number of likely N-dealkylation sites (tertiary alicyclic amines) is 1. The summed E-state index contributed by atoms with van der Waals surface area (Å²) in [5, 5.41) is 8.56. The van der Waals surface area contributed by atoms with Crippen LogP contribution in [0.15, 0.2) is 59.0 Å². The van der Waals surface area contributed by atoms with Gasteiger partial charge in [-0.05, 0) is 88.4 Å². The Labute approximate surface area is 179 Å². The van der Waals surface area contributed by atoms with E-state index in [4.69, 9.17) is 9.15 Å². The van der Waals surface area contributed by atoms with Crippen LogP contribution in [0.1, 0.15) is 50.6 Å². The third kappa shape index (κ3) is 5.08. The lowest BCUT2D eigenvalue weighted by Crippen LogP contribution is -2.36. The van der Waals surface area contributed by atoms with Crippen LogP contribution in [0.2, 0.25) is 0 Å². The topological polar surface area (TPSA) is 51.4 Å². The largest absolute Gasteiger partial charge is 0.494 e. The first-order valence-corrected chi connectivity index (χ1v) is 11.1. The number of nitrogens with zero attached hydrogens (tertiary/aromatic N) is 3. The SMILES string of the molecule is CCOc1ccc(CCC2CCN(C(C)c3nnc(-c4ccccc4)o3)CC2)cc1. The van der Waals surface area contributed by atoms with E-state index >= 15 is 0 Å². The van der Waals surface area contributed by atoms with Crippen molar-refractivity contribution in [3.8, 4) is 17.2 Å². The highest BCUT2D eigenvalue weighted by atomic mass is 16.5. The molecule has 1 fully saturated rings. The average Bonchev–Trinajstić information content (AvgIpc) is 3.30. The van der Waals surface area contributed by atoms with Crippen molar-refractivity contribution in [2.45, 2.75) is 45.6 Å². The molecule has 0 amide bonds. The Balaban J connectivity index is 1.25. The average molecular weight is 406 g/mol. The minimum absolute atomic E-state index is 0.155. The third-order valence-corrected chi connectivity index (χ3v) is 6.09. The van der Waals surface area contributed by atoms with Gasteiger partial charge in [0.25, 0.3) is 0 Å². The molecule has 0 radical (unpaired) electrons. The van der Waals surface area contributed by atoms with Gasteiger partial charge in [-0.3, -0.25) is 4.90 Å². The van der Waals surface area contributed by atoms with E-state index in [1.165, 1.54) is 24.8 Å². The molecular formula is C25H31N3O2. The Morgan fingerprint density at radius 3 is 2.47 bits per heavy atom. The Kier molecular flexibility index (Phi) is 6.80. The Bertz CT molecular complexity index is 900. The van der Waals surface area contributed by atoms with Gasteiger partial charge in [0.05, 0.1) is 12.6 Å². The molecule has 0 bridgehead atoms. The second-order valence-corrected chi connectivity index (χ2v) is 8.08. The van der Waals surface area contributed by atoms with Crippen LogP contribution in [-0.2, 0) is 6.42 Å². The number of benzene rings is 2. The molecule has 0 saturated carbocycles. The van der Waals surface area contributed by atoms with Gasteiger partial charge in [-0.25, -0.2) is 0 Å². The maximum Gasteiger partial charge on any atom is 0.247 e. The summed E-state index contributed by atoms with van der Waals surface area (Å²) >= 11 is 0.